The minimum absolute atomic E-state index is 0.137. The summed E-state index contributed by atoms with van der Waals surface area (Å²) in [6.45, 7) is 3.65. The van der Waals surface area contributed by atoms with Crippen LogP contribution in [0.3, 0.4) is 0 Å². The maximum Gasteiger partial charge on any atom is 0.118 e. The van der Waals surface area contributed by atoms with E-state index in [0.29, 0.717) is 0 Å². The van der Waals surface area contributed by atoms with Crippen LogP contribution in [0, 0.1) is 5.92 Å². The van der Waals surface area contributed by atoms with E-state index in [1.165, 1.54) is 0 Å². The van der Waals surface area contributed by atoms with Crippen molar-refractivity contribution in [3.63, 3.8) is 0 Å². The van der Waals surface area contributed by atoms with Crippen molar-refractivity contribution < 1.29 is 14.9 Å². The summed E-state index contributed by atoms with van der Waals surface area (Å²) in [5, 5.41) is 21.5. The number of hydrogen-bond donors (Lipinski definition) is 2. The van der Waals surface area contributed by atoms with Gasteiger partial charge in [-0.3, -0.25) is 0 Å². The number of aliphatic hydroxyl groups is 2. The van der Waals surface area contributed by atoms with E-state index in [-0.39, 0.29) is 5.92 Å². The van der Waals surface area contributed by atoms with Crippen LogP contribution in [0.15, 0.2) is 24.3 Å². The van der Waals surface area contributed by atoms with Crippen LogP contribution >= 0.6 is 0 Å². The molecule has 0 heterocycles. The highest BCUT2D eigenvalue weighted by molar-refractivity contribution is 5.31. The van der Waals surface area contributed by atoms with Gasteiger partial charge in [-0.2, -0.15) is 0 Å². The minimum atomic E-state index is -1.02. The van der Waals surface area contributed by atoms with Gasteiger partial charge in [0.25, 0.3) is 0 Å². The second-order valence-electron chi connectivity index (χ2n) is 6.03. The summed E-state index contributed by atoms with van der Waals surface area (Å²) in [5.41, 5.74) is -0.988. The van der Waals surface area contributed by atoms with Gasteiger partial charge in [0, 0.05) is 5.92 Å². The molecule has 1 aliphatic carbocycles. The Balaban J connectivity index is 2.29. The van der Waals surface area contributed by atoms with Gasteiger partial charge in [0.1, 0.15) is 5.75 Å². The molecular formula is C16H24O3. The van der Waals surface area contributed by atoms with Gasteiger partial charge < -0.3 is 14.9 Å². The molecule has 19 heavy (non-hydrogen) atoms. The lowest BCUT2D eigenvalue weighted by Gasteiger charge is -2.45. The largest absolute Gasteiger partial charge is 0.497 e. The summed E-state index contributed by atoms with van der Waals surface area (Å²) < 4.78 is 5.14. The van der Waals surface area contributed by atoms with Crippen molar-refractivity contribution in [3.05, 3.63) is 29.8 Å². The molecule has 3 nitrogen and oxygen atoms in total. The maximum absolute atomic E-state index is 10.9. The summed E-state index contributed by atoms with van der Waals surface area (Å²) >= 11 is 0. The smallest absolute Gasteiger partial charge is 0.118 e. The van der Waals surface area contributed by atoms with Gasteiger partial charge in [0.15, 0.2) is 0 Å². The van der Waals surface area contributed by atoms with E-state index in [4.69, 9.17) is 4.74 Å². The molecule has 0 radical (unpaired) electrons. The molecule has 3 heteroatoms. The van der Waals surface area contributed by atoms with E-state index in [1.54, 1.807) is 14.0 Å². The molecule has 0 aliphatic heterocycles. The Morgan fingerprint density at radius 1 is 1.26 bits per heavy atom. The third-order valence-corrected chi connectivity index (χ3v) is 4.53. The monoisotopic (exact) mass is 264 g/mol. The maximum atomic E-state index is 10.9. The zero-order valence-electron chi connectivity index (χ0n) is 12.0. The van der Waals surface area contributed by atoms with Crippen molar-refractivity contribution in [1.29, 1.82) is 0 Å². The average molecular weight is 264 g/mol. The van der Waals surface area contributed by atoms with Gasteiger partial charge in [0.05, 0.1) is 18.3 Å². The highest BCUT2D eigenvalue weighted by Gasteiger charge is 2.46. The molecular weight excluding hydrogens is 240 g/mol. The molecule has 0 spiro atoms. The first-order valence-corrected chi connectivity index (χ1v) is 6.97. The number of methoxy groups -OCH3 is 1. The second-order valence-corrected chi connectivity index (χ2v) is 6.03. The first-order chi connectivity index (χ1) is 8.88. The zero-order chi connectivity index (χ0) is 14.1. The fourth-order valence-corrected chi connectivity index (χ4v) is 3.33. The van der Waals surface area contributed by atoms with Crippen LogP contribution in [-0.4, -0.2) is 22.9 Å². The van der Waals surface area contributed by atoms with Crippen molar-refractivity contribution in [3.8, 4) is 5.75 Å². The molecule has 1 fully saturated rings. The predicted octanol–water partition coefficient (Wildman–Crippen LogP) is 2.84. The molecule has 0 amide bonds. The SMILES string of the molecule is COc1ccc(C(C)(O)C2CCCCC2(C)O)cc1. The zero-order valence-corrected chi connectivity index (χ0v) is 12.0. The molecule has 1 aliphatic rings. The van der Waals surface area contributed by atoms with Gasteiger partial charge in [-0.15, -0.1) is 0 Å². The summed E-state index contributed by atoms with van der Waals surface area (Å²) in [4.78, 5) is 0. The Bertz CT molecular complexity index is 420. The number of rotatable bonds is 3. The summed E-state index contributed by atoms with van der Waals surface area (Å²) in [5.74, 6) is 0.636. The molecule has 0 saturated heterocycles. The summed E-state index contributed by atoms with van der Waals surface area (Å²) in [6.07, 6.45) is 3.70. The highest BCUT2D eigenvalue weighted by Crippen LogP contribution is 2.44. The van der Waals surface area contributed by atoms with E-state index in [1.807, 2.05) is 31.2 Å². The minimum Gasteiger partial charge on any atom is -0.497 e. The number of hydrogen-bond acceptors (Lipinski definition) is 3. The Morgan fingerprint density at radius 3 is 2.42 bits per heavy atom. The van der Waals surface area contributed by atoms with Gasteiger partial charge in [-0.25, -0.2) is 0 Å². The molecule has 1 aromatic carbocycles. The Kier molecular flexibility index (Phi) is 3.88. The molecule has 3 atom stereocenters. The molecule has 3 unspecified atom stereocenters. The summed E-state index contributed by atoms with van der Waals surface area (Å²) in [7, 11) is 1.62. The number of ether oxygens (including phenoxy) is 1. The standard InChI is InChI=1S/C16H24O3/c1-15(17)11-5-4-6-14(15)16(2,18)12-7-9-13(19-3)10-8-12/h7-10,14,17-18H,4-6,11H2,1-3H3. The lowest BCUT2D eigenvalue weighted by atomic mass is 9.66. The Morgan fingerprint density at radius 2 is 1.89 bits per heavy atom. The van der Waals surface area contributed by atoms with E-state index < -0.39 is 11.2 Å². The van der Waals surface area contributed by atoms with Crippen molar-refractivity contribution >= 4 is 0 Å². The predicted molar refractivity (Wildman–Crippen MR) is 75.1 cm³/mol. The lowest BCUT2D eigenvalue weighted by molar-refractivity contribution is -0.133. The van der Waals surface area contributed by atoms with E-state index >= 15 is 0 Å². The molecule has 1 aromatic rings. The normalized spacial score (nSPS) is 30.7. The fraction of sp³-hybridized carbons (Fsp3) is 0.625. The Hall–Kier alpha value is -1.06. The molecule has 0 aromatic heterocycles. The lowest BCUT2D eigenvalue weighted by Crippen LogP contribution is -2.48. The first-order valence-electron chi connectivity index (χ1n) is 6.97. The van der Waals surface area contributed by atoms with Crippen LogP contribution in [0.1, 0.15) is 45.1 Å². The third kappa shape index (κ3) is 2.77. The van der Waals surface area contributed by atoms with Crippen LogP contribution in [0.4, 0.5) is 0 Å². The van der Waals surface area contributed by atoms with Crippen molar-refractivity contribution in [2.75, 3.05) is 7.11 Å². The van der Waals surface area contributed by atoms with Gasteiger partial charge in [0.2, 0.25) is 0 Å². The van der Waals surface area contributed by atoms with E-state index in [0.717, 1.165) is 37.0 Å². The molecule has 1 saturated carbocycles. The molecule has 2 N–H and O–H groups in total. The van der Waals surface area contributed by atoms with Crippen LogP contribution in [0.25, 0.3) is 0 Å². The van der Waals surface area contributed by atoms with Gasteiger partial charge in [-0.1, -0.05) is 25.0 Å². The quantitative estimate of drug-likeness (QED) is 0.882. The third-order valence-electron chi connectivity index (χ3n) is 4.53. The van der Waals surface area contributed by atoms with Crippen LogP contribution in [0.2, 0.25) is 0 Å². The van der Waals surface area contributed by atoms with Gasteiger partial charge >= 0.3 is 0 Å². The van der Waals surface area contributed by atoms with E-state index in [9.17, 15) is 10.2 Å². The molecule has 0 bridgehead atoms. The van der Waals surface area contributed by atoms with Crippen LogP contribution in [0.5, 0.6) is 5.75 Å². The molecule has 106 valence electrons. The molecule has 2 rings (SSSR count). The van der Waals surface area contributed by atoms with Gasteiger partial charge in [-0.05, 0) is 44.4 Å². The Labute approximate surface area is 115 Å². The van der Waals surface area contributed by atoms with Crippen LogP contribution < -0.4 is 4.74 Å². The van der Waals surface area contributed by atoms with Crippen LogP contribution in [-0.2, 0) is 5.60 Å². The second kappa shape index (κ2) is 5.14. The fourth-order valence-electron chi connectivity index (χ4n) is 3.33. The topological polar surface area (TPSA) is 49.7 Å². The first kappa shape index (κ1) is 14.4. The average Bonchev–Trinajstić information content (AvgIpc) is 2.38. The number of benzene rings is 1. The van der Waals surface area contributed by atoms with Crippen molar-refractivity contribution in [2.24, 2.45) is 5.92 Å². The van der Waals surface area contributed by atoms with Crippen molar-refractivity contribution in [2.45, 2.75) is 50.7 Å². The highest BCUT2D eigenvalue weighted by atomic mass is 16.5. The van der Waals surface area contributed by atoms with Crippen molar-refractivity contribution in [1.82, 2.24) is 0 Å². The van der Waals surface area contributed by atoms with E-state index in [2.05, 4.69) is 0 Å². The summed E-state index contributed by atoms with van der Waals surface area (Å²) in [6, 6.07) is 7.45.